The van der Waals surface area contributed by atoms with E-state index < -0.39 is 18.6 Å². The highest BCUT2D eigenvalue weighted by Crippen LogP contribution is 2.45. The van der Waals surface area contributed by atoms with Crippen LogP contribution in [-0.2, 0) is 10.3 Å². The van der Waals surface area contributed by atoms with Gasteiger partial charge in [-0.15, -0.1) is 13.2 Å². The van der Waals surface area contributed by atoms with Crippen molar-refractivity contribution in [2.24, 2.45) is 0 Å². The number of benzene rings is 2. The highest BCUT2D eigenvalue weighted by molar-refractivity contribution is 5.95. The van der Waals surface area contributed by atoms with Gasteiger partial charge in [-0.05, 0) is 42.5 Å². The van der Waals surface area contributed by atoms with Gasteiger partial charge in [0.25, 0.3) is 5.91 Å². The van der Waals surface area contributed by atoms with Crippen LogP contribution in [0.5, 0.6) is 17.2 Å². The number of ether oxygens (including phenoxy) is 4. The number of likely N-dealkylation sites (tertiary alicyclic amines) is 1. The molecule has 1 spiro atoms. The van der Waals surface area contributed by atoms with Crippen molar-refractivity contribution in [2.75, 3.05) is 33.4 Å². The van der Waals surface area contributed by atoms with E-state index in [9.17, 15) is 18.0 Å². The number of piperidine rings is 1. The summed E-state index contributed by atoms with van der Waals surface area (Å²) >= 11 is 0. The predicted octanol–water partition coefficient (Wildman–Crippen LogP) is 4.93. The van der Waals surface area contributed by atoms with Crippen molar-refractivity contribution >= 4 is 5.91 Å². The second-order valence-corrected chi connectivity index (χ2v) is 8.63. The lowest BCUT2D eigenvalue weighted by molar-refractivity contribution is -0.325. The Morgan fingerprint density at radius 3 is 2.56 bits per heavy atom. The van der Waals surface area contributed by atoms with Crippen LogP contribution in [0.15, 0.2) is 60.8 Å². The predicted molar refractivity (Wildman–Crippen MR) is 124 cm³/mol. The first kappa shape index (κ1) is 24.1. The van der Waals surface area contributed by atoms with E-state index in [1.807, 2.05) is 36.5 Å². The molecule has 0 atom stereocenters. The lowest BCUT2D eigenvalue weighted by atomic mass is 9.86. The summed E-state index contributed by atoms with van der Waals surface area (Å²) in [4.78, 5) is 15.0. The fourth-order valence-corrected chi connectivity index (χ4v) is 4.81. The minimum Gasteiger partial charge on any atom is -0.493 e. The quantitative estimate of drug-likeness (QED) is 0.448. The summed E-state index contributed by atoms with van der Waals surface area (Å²) in [5.74, 6) is 1.14. The average molecular weight is 502 g/mol. The van der Waals surface area contributed by atoms with E-state index in [-0.39, 0.29) is 24.0 Å². The number of aromatic nitrogens is 1. The van der Waals surface area contributed by atoms with Crippen molar-refractivity contribution in [1.82, 2.24) is 9.47 Å². The van der Waals surface area contributed by atoms with Crippen LogP contribution in [0.25, 0.3) is 5.69 Å². The van der Waals surface area contributed by atoms with Gasteiger partial charge in [-0.25, -0.2) is 0 Å². The molecule has 1 amide bonds. The standard InChI is InChI=1S/C26H25F3N2O5/c1-33-22-17-18(8-9-21(22)34-15-16-35-26(27,28)29)24(32)30-13-10-25(11-14-30)23-7-4-12-31(23)19-5-2-3-6-20(19)36-25/h2-9,12,17H,10-11,13-16H2,1H3. The molecule has 3 heterocycles. The first-order chi connectivity index (χ1) is 17.3. The topological polar surface area (TPSA) is 62.2 Å². The fourth-order valence-electron chi connectivity index (χ4n) is 4.81. The van der Waals surface area contributed by atoms with E-state index in [0.717, 1.165) is 17.1 Å². The Labute approximate surface area is 205 Å². The summed E-state index contributed by atoms with van der Waals surface area (Å²) in [5.41, 5.74) is 1.97. The van der Waals surface area contributed by atoms with E-state index in [4.69, 9.17) is 14.2 Å². The zero-order valence-electron chi connectivity index (χ0n) is 19.6. The molecule has 0 unspecified atom stereocenters. The minimum atomic E-state index is -4.72. The Balaban J connectivity index is 1.25. The third-order valence-corrected chi connectivity index (χ3v) is 6.52. The molecule has 2 aliphatic rings. The van der Waals surface area contributed by atoms with Crippen molar-refractivity contribution < 1.29 is 36.9 Å². The molecular weight excluding hydrogens is 477 g/mol. The number of halogens is 3. The van der Waals surface area contributed by atoms with Gasteiger partial charge in [0.1, 0.15) is 12.4 Å². The van der Waals surface area contributed by atoms with Crippen molar-refractivity contribution in [3.05, 3.63) is 72.1 Å². The first-order valence-electron chi connectivity index (χ1n) is 11.6. The molecule has 5 rings (SSSR count). The Kier molecular flexibility index (Phi) is 6.29. The number of rotatable bonds is 6. The Bertz CT molecular complexity index is 1250. The number of methoxy groups -OCH3 is 1. The Morgan fingerprint density at radius 2 is 1.81 bits per heavy atom. The number of para-hydroxylation sites is 2. The summed E-state index contributed by atoms with van der Waals surface area (Å²) in [6.07, 6.45) is -1.42. The number of hydrogen-bond donors (Lipinski definition) is 0. The molecule has 190 valence electrons. The molecule has 7 nitrogen and oxygen atoms in total. The zero-order valence-corrected chi connectivity index (χ0v) is 19.6. The second kappa shape index (κ2) is 9.42. The molecular formula is C26H25F3N2O5. The van der Waals surface area contributed by atoms with Crippen LogP contribution < -0.4 is 14.2 Å². The number of carbonyl (C=O) groups excluding carboxylic acids is 1. The van der Waals surface area contributed by atoms with E-state index in [2.05, 4.69) is 15.4 Å². The largest absolute Gasteiger partial charge is 0.522 e. The zero-order chi connectivity index (χ0) is 25.3. The van der Waals surface area contributed by atoms with Crippen LogP contribution in [0, 0.1) is 0 Å². The van der Waals surface area contributed by atoms with Crippen molar-refractivity contribution in [1.29, 1.82) is 0 Å². The van der Waals surface area contributed by atoms with Gasteiger partial charge >= 0.3 is 6.36 Å². The number of hydrogen-bond acceptors (Lipinski definition) is 5. The molecule has 0 bridgehead atoms. The number of carbonyl (C=O) groups is 1. The average Bonchev–Trinajstić information content (AvgIpc) is 3.38. The molecule has 10 heteroatoms. The van der Waals surface area contributed by atoms with Crippen LogP contribution in [0.3, 0.4) is 0 Å². The van der Waals surface area contributed by atoms with E-state index in [1.165, 1.54) is 19.2 Å². The minimum absolute atomic E-state index is 0.165. The first-order valence-corrected chi connectivity index (χ1v) is 11.6. The van der Waals surface area contributed by atoms with Crippen molar-refractivity contribution in [3.8, 4) is 22.9 Å². The lowest BCUT2D eigenvalue weighted by Gasteiger charge is -2.45. The summed E-state index contributed by atoms with van der Waals surface area (Å²) in [6, 6.07) is 16.6. The Morgan fingerprint density at radius 1 is 1.03 bits per heavy atom. The SMILES string of the molecule is COc1cc(C(=O)N2CCC3(CC2)Oc2ccccc2-n2cccc23)ccc1OCCOC(F)(F)F. The molecule has 0 radical (unpaired) electrons. The molecule has 1 aromatic heterocycles. The van der Waals surface area contributed by atoms with E-state index >= 15 is 0 Å². The van der Waals surface area contributed by atoms with E-state index in [0.29, 0.717) is 31.5 Å². The summed E-state index contributed by atoms with van der Waals surface area (Å²) < 4.78 is 59.4. The maximum absolute atomic E-state index is 13.3. The van der Waals surface area contributed by atoms with Gasteiger partial charge in [0.2, 0.25) is 0 Å². The van der Waals surface area contributed by atoms with E-state index in [1.54, 1.807) is 11.0 Å². The molecule has 3 aromatic rings. The maximum Gasteiger partial charge on any atom is 0.522 e. The monoisotopic (exact) mass is 502 g/mol. The van der Waals surface area contributed by atoms with Crippen LogP contribution in [0.4, 0.5) is 13.2 Å². The Hall–Kier alpha value is -3.66. The summed E-state index contributed by atoms with van der Waals surface area (Å²) in [6.45, 7) is 0.0318. The highest BCUT2D eigenvalue weighted by Gasteiger charge is 2.44. The van der Waals surface area contributed by atoms with Gasteiger partial charge in [0.15, 0.2) is 17.1 Å². The molecule has 0 saturated carbocycles. The third-order valence-electron chi connectivity index (χ3n) is 6.52. The molecule has 0 N–H and O–H groups in total. The third kappa shape index (κ3) is 4.60. The van der Waals surface area contributed by atoms with Gasteiger partial charge in [0.05, 0.1) is 25.1 Å². The van der Waals surface area contributed by atoms with Crippen molar-refractivity contribution in [2.45, 2.75) is 24.8 Å². The highest BCUT2D eigenvalue weighted by atomic mass is 19.4. The lowest BCUT2D eigenvalue weighted by Crippen LogP contribution is -2.50. The number of alkyl halides is 3. The van der Waals surface area contributed by atoms with Gasteiger partial charge in [0, 0.05) is 37.7 Å². The van der Waals surface area contributed by atoms with Gasteiger partial charge in [-0.1, -0.05) is 12.1 Å². The van der Waals surface area contributed by atoms with Crippen LogP contribution in [0.2, 0.25) is 0 Å². The van der Waals surface area contributed by atoms with Crippen LogP contribution in [0.1, 0.15) is 28.9 Å². The summed E-state index contributed by atoms with van der Waals surface area (Å²) in [7, 11) is 1.40. The van der Waals surface area contributed by atoms with Gasteiger partial charge < -0.3 is 23.7 Å². The number of amides is 1. The van der Waals surface area contributed by atoms with Crippen LogP contribution >= 0.6 is 0 Å². The molecule has 0 aliphatic carbocycles. The molecule has 2 aromatic carbocycles. The normalized spacial score (nSPS) is 16.2. The molecule has 36 heavy (non-hydrogen) atoms. The summed E-state index contributed by atoms with van der Waals surface area (Å²) in [5, 5.41) is 0. The molecule has 1 fully saturated rings. The smallest absolute Gasteiger partial charge is 0.493 e. The van der Waals surface area contributed by atoms with Crippen molar-refractivity contribution in [3.63, 3.8) is 0 Å². The maximum atomic E-state index is 13.3. The fraction of sp³-hybridized carbons (Fsp3) is 0.346. The van der Waals surface area contributed by atoms with Gasteiger partial charge in [-0.3, -0.25) is 9.53 Å². The number of nitrogens with zero attached hydrogens (tertiary/aromatic N) is 2. The molecule has 2 aliphatic heterocycles. The van der Waals surface area contributed by atoms with Gasteiger partial charge in [-0.2, -0.15) is 0 Å². The van der Waals surface area contributed by atoms with Crippen LogP contribution in [-0.4, -0.2) is 55.1 Å². The second-order valence-electron chi connectivity index (χ2n) is 8.63. The number of fused-ring (bicyclic) bond motifs is 4. The molecule has 1 saturated heterocycles.